The van der Waals surface area contributed by atoms with Gasteiger partial charge in [0.05, 0.1) is 6.54 Å². The number of hydrogen-bond donors (Lipinski definition) is 1. The average molecular weight is 458 g/mol. The Bertz CT molecular complexity index is 1170. The quantitative estimate of drug-likeness (QED) is 0.361. The second kappa shape index (κ2) is 9.18. The number of aromatic nitrogens is 1. The van der Waals surface area contributed by atoms with Gasteiger partial charge in [-0.3, -0.25) is 0 Å². The van der Waals surface area contributed by atoms with Crippen LogP contribution in [0.1, 0.15) is 5.56 Å². The van der Waals surface area contributed by atoms with Crippen molar-refractivity contribution in [3.8, 4) is 5.75 Å². The number of hydrogen-bond acceptors (Lipinski definition) is 3. The fraction of sp³-hybridized carbons (Fsp3) is 0.208. The largest absolute Gasteiger partial charge is 0.492 e. The van der Waals surface area contributed by atoms with E-state index in [9.17, 15) is 4.79 Å². The van der Waals surface area contributed by atoms with Gasteiger partial charge in [0.15, 0.2) is 6.10 Å². The van der Waals surface area contributed by atoms with E-state index in [0.717, 1.165) is 33.1 Å². The number of nitrogens with zero attached hydrogens (tertiary/aromatic N) is 1. The van der Waals surface area contributed by atoms with Crippen LogP contribution >= 0.6 is 23.2 Å². The van der Waals surface area contributed by atoms with E-state index >= 15 is 0 Å². The molecule has 0 aliphatic rings. The number of carboxylic acid groups (broad SMARTS) is 1. The van der Waals surface area contributed by atoms with Crippen LogP contribution in [0.2, 0.25) is 10.0 Å². The molecule has 0 saturated carbocycles. The third-order valence-corrected chi connectivity index (χ3v) is 5.75. The minimum Gasteiger partial charge on any atom is -0.492 e. The first-order valence-electron chi connectivity index (χ1n) is 9.80. The van der Waals surface area contributed by atoms with Crippen LogP contribution in [0.5, 0.6) is 5.75 Å². The van der Waals surface area contributed by atoms with Crippen LogP contribution in [-0.2, 0) is 22.5 Å². The first-order valence-corrected chi connectivity index (χ1v) is 10.6. The summed E-state index contributed by atoms with van der Waals surface area (Å²) in [4.78, 5) is 11.1. The van der Waals surface area contributed by atoms with E-state index in [1.165, 1.54) is 7.11 Å². The van der Waals surface area contributed by atoms with Crippen LogP contribution in [0.3, 0.4) is 0 Å². The molecular weight excluding hydrogens is 437 g/mol. The molecule has 160 valence electrons. The van der Waals surface area contributed by atoms with Crippen molar-refractivity contribution in [1.82, 2.24) is 4.57 Å². The molecule has 4 aromatic rings. The van der Waals surface area contributed by atoms with Gasteiger partial charge in [-0.15, -0.1) is 0 Å². The summed E-state index contributed by atoms with van der Waals surface area (Å²) in [5.74, 6) is -0.253. The summed E-state index contributed by atoms with van der Waals surface area (Å²) in [6, 6.07) is 19.1. The summed E-state index contributed by atoms with van der Waals surface area (Å²) < 4.78 is 13.1. The Morgan fingerprint density at radius 3 is 2.06 bits per heavy atom. The van der Waals surface area contributed by atoms with Gasteiger partial charge >= 0.3 is 5.97 Å². The third-order valence-electron chi connectivity index (χ3n) is 5.28. The van der Waals surface area contributed by atoms with Crippen LogP contribution in [0, 0.1) is 0 Å². The zero-order valence-corrected chi connectivity index (χ0v) is 18.4. The number of ether oxygens (including phenoxy) is 2. The zero-order chi connectivity index (χ0) is 22.0. The molecule has 7 heteroatoms. The highest BCUT2D eigenvalue weighted by molar-refractivity contribution is 6.33. The van der Waals surface area contributed by atoms with Crippen LogP contribution in [0.15, 0.2) is 60.7 Å². The molecule has 0 aliphatic heterocycles. The van der Waals surface area contributed by atoms with Crippen molar-refractivity contribution in [1.29, 1.82) is 0 Å². The Labute approximate surface area is 189 Å². The molecule has 1 aromatic heterocycles. The minimum absolute atomic E-state index is 0.304. The lowest BCUT2D eigenvalue weighted by Gasteiger charge is -2.12. The predicted octanol–water partition coefficient (Wildman–Crippen LogP) is 5.82. The van der Waals surface area contributed by atoms with E-state index in [0.29, 0.717) is 29.6 Å². The zero-order valence-electron chi connectivity index (χ0n) is 16.8. The summed E-state index contributed by atoms with van der Waals surface area (Å²) in [5.41, 5.74) is 3.01. The Kier molecular flexibility index (Phi) is 6.37. The number of rotatable bonds is 8. The van der Waals surface area contributed by atoms with Crippen LogP contribution in [-0.4, -0.2) is 35.5 Å². The van der Waals surface area contributed by atoms with Gasteiger partial charge in [-0.1, -0.05) is 35.3 Å². The van der Waals surface area contributed by atoms with Gasteiger partial charge in [-0.25, -0.2) is 4.79 Å². The van der Waals surface area contributed by atoms with Gasteiger partial charge in [0.1, 0.15) is 12.4 Å². The molecule has 4 rings (SSSR count). The molecule has 1 heterocycles. The number of halogens is 2. The monoisotopic (exact) mass is 457 g/mol. The Balaban J connectivity index is 1.49. The van der Waals surface area contributed by atoms with Gasteiger partial charge in [0.2, 0.25) is 0 Å². The topological polar surface area (TPSA) is 60.7 Å². The van der Waals surface area contributed by atoms with Crippen molar-refractivity contribution in [2.24, 2.45) is 0 Å². The van der Waals surface area contributed by atoms with Crippen molar-refractivity contribution in [2.45, 2.75) is 19.1 Å². The Hall–Kier alpha value is -2.73. The van der Waals surface area contributed by atoms with E-state index in [2.05, 4.69) is 4.57 Å². The molecule has 0 fully saturated rings. The standard InChI is InChI=1S/C24H21Cl2NO4/c1-30-23(24(28)29)12-15-2-6-18(7-3-15)31-11-10-27-21-8-4-16(25)13-19(21)20-14-17(26)5-9-22(20)27/h2-9,13-14,23H,10-12H2,1H3,(H,28,29). The summed E-state index contributed by atoms with van der Waals surface area (Å²) >= 11 is 12.4. The molecule has 3 aromatic carbocycles. The molecule has 0 bridgehead atoms. The van der Waals surface area contributed by atoms with Gasteiger partial charge in [-0.05, 0) is 54.1 Å². The predicted molar refractivity (Wildman–Crippen MR) is 124 cm³/mol. The van der Waals surface area contributed by atoms with Gasteiger partial charge < -0.3 is 19.1 Å². The van der Waals surface area contributed by atoms with Crippen molar-refractivity contribution in [3.63, 3.8) is 0 Å². The van der Waals surface area contributed by atoms with Crippen LogP contribution in [0.25, 0.3) is 21.8 Å². The molecule has 0 aliphatic carbocycles. The number of carboxylic acids is 1. The smallest absolute Gasteiger partial charge is 0.333 e. The second-order valence-electron chi connectivity index (χ2n) is 7.23. The summed E-state index contributed by atoms with van der Waals surface area (Å²) in [7, 11) is 1.40. The molecular formula is C24H21Cl2NO4. The van der Waals surface area contributed by atoms with E-state index < -0.39 is 12.1 Å². The highest BCUT2D eigenvalue weighted by Crippen LogP contribution is 2.32. The van der Waals surface area contributed by atoms with E-state index in [4.69, 9.17) is 37.8 Å². The number of aliphatic carboxylic acids is 1. The second-order valence-corrected chi connectivity index (χ2v) is 8.11. The normalized spacial score (nSPS) is 12.4. The Morgan fingerprint density at radius 2 is 1.55 bits per heavy atom. The first-order chi connectivity index (χ1) is 15.0. The highest BCUT2D eigenvalue weighted by Gasteiger charge is 2.17. The van der Waals surface area contributed by atoms with Crippen LogP contribution in [0.4, 0.5) is 0 Å². The molecule has 31 heavy (non-hydrogen) atoms. The van der Waals surface area contributed by atoms with E-state index in [-0.39, 0.29) is 0 Å². The fourth-order valence-corrected chi connectivity index (χ4v) is 4.10. The summed E-state index contributed by atoms with van der Waals surface area (Å²) in [5, 5.41) is 12.6. The maximum absolute atomic E-state index is 11.1. The summed E-state index contributed by atoms with van der Waals surface area (Å²) in [6.45, 7) is 1.12. The number of benzene rings is 3. The van der Waals surface area contributed by atoms with E-state index in [1.54, 1.807) is 0 Å². The molecule has 0 amide bonds. The number of fused-ring (bicyclic) bond motifs is 3. The molecule has 0 spiro atoms. The van der Waals surface area contributed by atoms with E-state index in [1.807, 2.05) is 60.7 Å². The fourth-order valence-electron chi connectivity index (χ4n) is 3.75. The average Bonchev–Trinajstić information content (AvgIpc) is 3.05. The highest BCUT2D eigenvalue weighted by atomic mass is 35.5. The van der Waals surface area contributed by atoms with Crippen LogP contribution < -0.4 is 4.74 Å². The minimum atomic E-state index is -0.975. The number of methoxy groups -OCH3 is 1. The first kappa shape index (κ1) is 21.5. The van der Waals surface area contributed by atoms with Gasteiger partial charge in [0.25, 0.3) is 0 Å². The Morgan fingerprint density at radius 1 is 0.968 bits per heavy atom. The third kappa shape index (κ3) is 4.64. The van der Waals surface area contributed by atoms with Crippen molar-refractivity contribution >= 4 is 51.0 Å². The van der Waals surface area contributed by atoms with Gasteiger partial charge in [0, 0.05) is 45.4 Å². The van der Waals surface area contributed by atoms with Gasteiger partial charge in [-0.2, -0.15) is 0 Å². The maximum Gasteiger partial charge on any atom is 0.333 e. The number of carbonyl (C=O) groups is 1. The van der Waals surface area contributed by atoms with Crippen molar-refractivity contribution < 1.29 is 19.4 Å². The lowest BCUT2D eigenvalue weighted by Crippen LogP contribution is -2.24. The molecule has 5 nitrogen and oxygen atoms in total. The molecule has 1 unspecified atom stereocenters. The molecule has 1 N–H and O–H groups in total. The SMILES string of the molecule is COC(Cc1ccc(OCCn2c3ccc(Cl)cc3c3cc(Cl)ccc32)cc1)C(=O)O. The lowest BCUT2D eigenvalue weighted by atomic mass is 10.1. The molecule has 0 saturated heterocycles. The molecule has 1 atom stereocenters. The molecule has 0 radical (unpaired) electrons. The van der Waals surface area contributed by atoms with Crippen molar-refractivity contribution in [3.05, 3.63) is 76.3 Å². The van der Waals surface area contributed by atoms with Crippen molar-refractivity contribution in [2.75, 3.05) is 13.7 Å². The summed E-state index contributed by atoms with van der Waals surface area (Å²) in [6.07, 6.45) is -0.553. The maximum atomic E-state index is 11.1. The lowest BCUT2D eigenvalue weighted by molar-refractivity contribution is -0.148.